The van der Waals surface area contributed by atoms with Crippen molar-refractivity contribution in [3.63, 3.8) is 0 Å². The molecule has 0 spiro atoms. The van der Waals surface area contributed by atoms with Gasteiger partial charge in [-0.2, -0.15) is 26.3 Å². The summed E-state index contributed by atoms with van der Waals surface area (Å²) >= 11 is 0. The SMILES string of the molecule is N[C@H](Cc1ccc(O)cc1)C(=O)N[C@H](Cc1ccccc1)C(=O)Nc1ccc(NC(=O)[C@@H](Cc2ccccc2)NC(=O)[C@H](N)Cc2ccc(O)cc2)cc1.O=C(O)C(F)(F)F.O=C(O)C(F)(F)F. The van der Waals surface area contributed by atoms with Gasteiger partial charge in [-0.25, -0.2) is 9.59 Å². The fraction of sp³-hybridized carbons (Fsp3) is 0.217. The van der Waals surface area contributed by atoms with E-state index in [1.807, 2.05) is 60.7 Å². The molecule has 22 heteroatoms. The fourth-order valence-corrected chi connectivity index (χ4v) is 5.73. The summed E-state index contributed by atoms with van der Waals surface area (Å²) in [6.45, 7) is 0. The van der Waals surface area contributed by atoms with Gasteiger partial charge in [0.25, 0.3) is 0 Å². The molecular weight excluding hydrogens is 911 g/mol. The number of alkyl halides is 6. The van der Waals surface area contributed by atoms with Crippen LogP contribution >= 0.6 is 0 Å². The molecule has 4 atom stereocenters. The Morgan fingerprint density at radius 2 is 0.691 bits per heavy atom. The number of aliphatic carboxylic acids is 2. The van der Waals surface area contributed by atoms with Crippen molar-refractivity contribution in [2.75, 3.05) is 10.6 Å². The standard InChI is InChI=1S/C42H44N6O6.2C2HF3O2/c43-35(23-29-11-19-33(49)20-12-29)39(51)47-37(25-27-7-3-1-4-8-27)41(53)45-31-15-17-32(18-16-31)46-42(54)38(26-28-9-5-2-6-10-28)48-40(52)36(44)24-30-13-21-34(50)22-14-30;2*3-2(4,5)1(6)7/h1-22,35-38,49-50H,23-26,43-44H2,(H,45,53)(H,46,54)(H,47,51)(H,48,52);2*(H,6,7)/t35-,36-,37-,38-;;/m1../s1. The van der Waals surface area contributed by atoms with Crippen LogP contribution in [0.1, 0.15) is 22.3 Å². The number of aromatic hydroxyl groups is 2. The van der Waals surface area contributed by atoms with Crippen LogP contribution in [0.2, 0.25) is 0 Å². The molecule has 0 aromatic heterocycles. The Hall–Kier alpha value is -7.98. The van der Waals surface area contributed by atoms with Gasteiger partial charge in [0, 0.05) is 24.2 Å². The molecule has 0 saturated heterocycles. The highest BCUT2D eigenvalue weighted by Crippen LogP contribution is 2.18. The molecule has 0 bridgehead atoms. The van der Waals surface area contributed by atoms with Crippen LogP contribution in [-0.4, -0.2) is 92.5 Å². The number of benzene rings is 5. The maximum Gasteiger partial charge on any atom is 0.490 e. The summed E-state index contributed by atoms with van der Waals surface area (Å²) in [4.78, 5) is 71.2. The average molecular weight is 957 g/mol. The molecule has 16 nitrogen and oxygen atoms in total. The summed E-state index contributed by atoms with van der Waals surface area (Å²) in [5.74, 6) is -7.24. The number of carbonyl (C=O) groups is 6. The largest absolute Gasteiger partial charge is 0.508 e. The third-order valence-corrected chi connectivity index (χ3v) is 9.19. The molecule has 5 aromatic rings. The van der Waals surface area contributed by atoms with Crippen LogP contribution in [0.3, 0.4) is 0 Å². The van der Waals surface area contributed by atoms with E-state index in [0.717, 1.165) is 22.3 Å². The molecule has 0 aliphatic heterocycles. The lowest BCUT2D eigenvalue weighted by Crippen LogP contribution is -2.51. The highest BCUT2D eigenvalue weighted by molar-refractivity contribution is 6.00. The van der Waals surface area contributed by atoms with Gasteiger partial charge >= 0.3 is 24.3 Å². The van der Waals surface area contributed by atoms with Crippen molar-refractivity contribution < 1.29 is 75.5 Å². The number of halogens is 6. The molecule has 0 heterocycles. The highest BCUT2D eigenvalue weighted by atomic mass is 19.4. The van der Waals surface area contributed by atoms with Gasteiger partial charge in [0.2, 0.25) is 23.6 Å². The Morgan fingerprint density at radius 1 is 0.426 bits per heavy atom. The number of rotatable bonds is 16. The average Bonchev–Trinajstić information content (AvgIpc) is 3.28. The van der Waals surface area contributed by atoms with Crippen molar-refractivity contribution in [2.24, 2.45) is 11.5 Å². The number of carbonyl (C=O) groups excluding carboxylic acids is 4. The fourth-order valence-electron chi connectivity index (χ4n) is 5.73. The zero-order valence-corrected chi connectivity index (χ0v) is 35.5. The van der Waals surface area contributed by atoms with E-state index in [9.17, 15) is 55.7 Å². The first-order valence-corrected chi connectivity index (χ1v) is 20.0. The Kier molecular flexibility index (Phi) is 20.5. The lowest BCUT2D eigenvalue weighted by atomic mass is 10.0. The molecule has 0 aliphatic rings. The number of anilines is 2. The number of phenolic OH excluding ortho intramolecular Hbond substituents is 2. The quantitative estimate of drug-likeness (QED) is 0.0595. The second kappa shape index (κ2) is 25.6. The zero-order valence-electron chi connectivity index (χ0n) is 35.5. The summed E-state index contributed by atoms with van der Waals surface area (Å²) < 4.78 is 63.5. The molecule has 12 N–H and O–H groups in total. The Bertz CT molecular complexity index is 2260. The second-order valence-corrected chi connectivity index (χ2v) is 14.6. The lowest BCUT2D eigenvalue weighted by Gasteiger charge is -2.22. The summed E-state index contributed by atoms with van der Waals surface area (Å²) in [6, 6.07) is 34.0. The van der Waals surface area contributed by atoms with Gasteiger partial charge in [0.05, 0.1) is 12.1 Å². The van der Waals surface area contributed by atoms with Gasteiger partial charge < -0.3 is 53.2 Å². The molecule has 0 saturated carbocycles. The Labute approximate surface area is 384 Å². The molecule has 4 amide bonds. The van der Waals surface area contributed by atoms with E-state index < -0.39 is 72.1 Å². The highest BCUT2D eigenvalue weighted by Gasteiger charge is 2.39. The van der Waals surface area contributed by atoms with Crippen molar-refractivity contribution in [2.45, 2.75) is 62.2 Å². The van der Waals surface area contributed by atoms with Gasteiger partial charge in [-0.1, -0.05) is 84.9 Å². The number of phenols is 2. The van der Waals surface area contributed by atoms with Crippen LogP contribution in [0.15, 0.2) is 133 Å². The number of amides is 4. The predicted molar refractivity (Wildman–Crippen MR) is 235 cm³/mol. The third kappa shape index (κ3) is 19.6. The molecule has 362 valence electrons. The number of hydrogen-bond acceptors (Lipinski definition) is 10. The lowest BCUT2D eigenvalue weighted by molar-refractivity contribution is -0.193. The maximum atomic E-state index is 13.6. The van der Waals surface area contributed by atoms with Crippen molar-refractivity contribution >= 4 is 46.9 Å². The molecule has 5 aromatic carbocycles. The number of nitrogens with two attached hydrogens (primary N) is 2. The normalized spacial score (nSPS) is 12.7. The van der Waals surface area contributed by atoms with E-state index in [0.29, 0.717) is 11.4 Å². The Balaban J connectivity index is 0.000000759. The summed E-state index contributed by atoms with van der Waals surface area (Å²) in [7, 11) is 0. The third-order valence-electron chi connectivity index (χ3n) is 9.19. The van der Waals surface area contributed by atoms with Crippen molar-refractivity contribution in [3.05, 3.63) is 156 Å². The molecular formula is C46H46F6N6O10. The van der Waals surface area contributed by atoms with Crippen LogP contribution in [0.4, 0.5) is 37.7 Å². The van der Waals surface area contributed by atoms with Crippen molar-refractivity contribution in [3.8, 4) is 11.5 Å². The summed E-state index contributed by atoms with van der Waals surface area (Å²) in [5, 5.41) is 44.6. The second-order valence-electron chi connectivity index (χ2n) is 14.6. The molecule has 0 unspecified atom stereocenters. The van der Waals surface area contributed by atoms with Gasteiger partial charge in [0.1, 0.15) is 23.6 Å². The van der Waals surface area contributed by atoms with E-state index >= 15 is 0 Å². The molecule has 0 aliphatic carbocycles. The minimum absolute atomic E-state index is 0.104. The van der Waals surface area contributed by atoms with E-state index in [-0.39, 0.29) is 37.2 Å². The smallest absolute Gasteiger partial charge is 0.490 e. The van der Waals surface area contributed by atoms with Crippen LogP contribution in [-0.2, 0) is 54.5 Å². The number of carboxylic acids is 2. The van der Waals surface area contributed by atoms with Crippen LogP contribution in [0.5, 0.6) is 11.5 Å². The van der Waals surface area contributed by atoms with E-state index in [2.05, 4.69) is 21.3 Å². The van der Waals surface area contributed by atoms with E-state index in [1.165, 1.54) is 24.3 Å². The van der Waals surface area contributed by atoms with Crippen molar-refractivity contribution in [1.82, 2.24) is 10.6 Å². The van der Waals surface area contributed by atoms with E-state index in [4.69, 9.17) is 31.3 Å². The Morgan fingerprint density at radius 3 is 0.956 bits per heavy atom. The first kappa shape index (κ1) is 54.4. The minimum Gasteiger partial charge on any atom is -0.508 e. The number of carboxylic acid groups (broad SMARTS) is 2. The van der Waals surface area contributed by atoms with Gasteiger partial charge in [-0.15, -0.1) is 0 Å². The summed E-state index contributed by atoms with van der Waals surface area (Å²) in [5.41, 5.74) is 16.4. The van der Waals surface area contributed by atoms with Crippen LogP contribution < -0.4 is 32.7 Å². The number of hydrogen-bond donors (Lipinski definition) is 10. The zero-order chi connectivity index (χ0) is 50.6. The van der Waals surface area contributed by atoms with Crippen LogP contribution in [0.25, 0.3) is 0 Å². The molecule has 68 heavy (non-hydrogen) atoms. The van der Waals surface area contributed by atoms with Gasteiger partial charge in [-0.3, -0.25) is 19.2 Å². The topological polar surface area (TPSA) is 284 Å². The van der Waals surface area contributed by atoms with Gasteiger partial charge in [0.15, 0.2) is 0 Å². The molecule has 0 fully saturated rings. The van der Waals surface area contributed by atoms with Crippen LogP contribution in [0, 0.1) is 0 Å². The maximum absolute atomic E-state index is 13.6. The van der Waals surface area contributed by atoms with Crippen molar-refractivity contribution in [1.29, 1.82) is 0 Å². The van der Waals surface area contributed by atoms with E-state index in [1.54, 1.807) is 48.5 Å². The monoisotopic (exact) mass is 956 g/mol. The predicted octanol–water partition coefficient (Wildman–Crippen LogP) is 4.84. The summed E-state index contributed by atoms with van der Waals surface area (Å²) in [6.07, 6.45) is -9.32. The minimum atomic E-state index is -5.08. The number of nitrogens with one attached hydrogen (secondary N) is 4. The first-order chi connectivity index (χ1) is 31.9. The van der Waals surface area contributed by atoms with Gasteiger partial charge in [-0.05, 0) is 83.6 Å². The molecule has 5 rings (SSSR count). The molecule has 0 radical (unpaired) electrons. The first-order valence-electron chi connectivity index (χ1n) is 20.0.